The summed E-state index contributed by atoms with van der Waals surface area (Å²) in [6.45, 7) is 9.52. The Morgan fingerprint density at radius 3 is 2.33 bits per heavy atom. The number of unbranched alkanes of at least 4 members (excludes halogenated alkanes) is 2. The van der Waals surface area contributed by atoms with E-state index >= 15 is 0 Å². The standard InChI is InChI=1S/C13H24O2/c1-5-11(2)9-7-6-8-10-13(3,4)12(14)15/h2,5-10H2,1,3-4H3,(H,14,15)/p-1. The molecule has 15 heavy (non-hydrogen) atoms. The van der Waals surface area contributed by atoms with Crippen molar-refractivity contribution in [3.05, 3.63) is 12.2 Å². The average molecular weight is 211 g/mol. The largest absolute Gasteiger partial charge is 0.550 e. The summed E-state index contributed by atoms with van der Waals surface area (Å²) in [5.74, 6) is -0.944. The minimum absolute atomic E-state index is 0.679. The van der Waals surface area contributed by atoms with E-state index in [1.54, 1.807) is 13.8 Å². The number of carbonyl (C=O) groups is 1. The van der Waals surface area contributed by atoms with E-state index in [0.29, 0.717) is 6.42 Å². The van der Waals surface area contributed by atoms with Gasteiger partial charge in [-0.05, 0) is 25.7 Å². The molecule has 0 radical (unpaired) electrons. The van der Waals surface area contributed by atoms with Crippen LogP contribution >= 0.6 is 0 Å². The topological polar surface area (TPSA) is 40.1 Å². The van der Waals surface area contributed by atoms with Gasteiger partial charge in [-0.1, -0.05) is 45.8 Å². The van der Waals surface area contributed by atoms with Crippen molar-refractivity contribution in [2.45, 2.75) is 59.3 Å². The Balaban J connectivity index is 3.55. The quantitative estimate of drug-likeness (QED) is 0.457. The SMILES string of the molecule is C=C(CC)CCCCCC(C)(C)C(=O)[O-]. The van der Waals surface area contributed by atoms with E-state index < -0.39 is 11.4 Å². The molecule has 0 amide bonds. The summed E-state index contributed by atoms with van der Waals surface area (Å²) >= 11 is 0. The molecule has 88 valence electrons. The number of carboxylic acid groups (broad SMARTS) is 1. The lowest BCUT2D eigenvalue weighted by Gasteiger charge is -2.25. The Bertz CT molecular complexity index is 217. The van der Waals surface area contributed by atoms with E-state index in [0.717, 1.165) is 32.1 Å². The molecule has 2 heteroatoms. The second kappa shape index (κ2) is 6.65. The normalized spacial score (nSPS) is 11.4. The second-order valence-corrected chi connectivity index (χ2v) is 4.84. The second-order valence-electron chi connectivity index (χ2n) is 4.84. The number of carbonyl (C=O) groups excluding carboxylic acids is 1. The van der Waals surface area contributed by atoms with E-state index in [1.807, 2.05) is 0 Å². The van der Waals surface area contributed by atoms with Gasteiger partial charge in [0.2, 0.25) is 0 Å². The van der Waals surface area contributed by atoms with Crippen LogP contribution in [0.5, 0.6) is 0 Å². The molecule has 0 atom stereocenters. The molecule has 0 heterocycles. The van der Waals surface area contributed by atoms with Crippen molar-refractivity contribution in [3.8, 4) is 0 Å². The maximum atomic E-state index is 10.7. The van der Waals surface area contributed by atoms with Crippen LogP contribution in [0.4, 0.5) is 0 Å². The zero-order valence-electron chi connectivity index (χ0n) is 10.3. The molecular weight excluding hydrogens is 188 g/mol. The molecule has 0 spiro atoms. The fourth-order valence-electron chi connectivity index (χ4n) is 1.40. The van der Waals surface area contributed by atoms with Crippen LogP contribution in [0.25, 0.3) is 0 Å². The fraction of sp³-hybridized carbons (Fsp3) is 0.769. The number of carboxylic acids is 1. The van der Waals surface area contributed by atoms with Gasteiger partial charge >= 0.3 is 0 Å². The molecule has 0 saturated heterocycles. The van der Waals surface area contributed by atoms with Gasteiger partial charge in [0.15, 0.2) is 0 Å². The highest BCUT2D eigenvalue weighted by Crippen LogP contribution is 2.23. The molecule has 0 N–H and O–H groups in total. The van der Waals surface area contributed by atoms with E-state index in [1.165, 1.54) is 5.57 Å². The number of rotatable bonds is 8. The Morgan fingerprint density at radius 1 is 1.27 bits per heavy atom. The van der Waals surface area contributed by atoms with Crippen molar-refractivity contribution in [1.29, 1.82) is 0 Å². The maximum Gasteiger partial charge on any atom is 0.0470 e. The van der Waals surface area contributed by atoms with Gasteiger partial charge in [-0.2, -0.15) is 0 Å². The van der Waals surface area contributed by atoms with Gasteiger partial charge in [-0.3, -0.25) is 0 Å². The minimum Gasteiger partial charge on any atom is -0.550 e. The van der Waals surface area contributed by atoms with Gasteiger partial charge < -0.3 is 9.90 Å². The predicted molar refractivity (Wildman–Crippen MR) is 61.3 cm³/mol. The molecule has 0 saturated carbocycles. The molecule has 0 aliphatic heterocycles. The monoisotopic (exact) mass is 211 g/mol. The highest BCUT2D eigenvalue weighted by molar-refractivity contribution is 5.71. The van der Waals surface area contributed by atoms with E-state index in [9.17, 15) is 9.90 Å². The van der Waals surface area contributed by atoms with Crippen molar-refractivity contribution < 1.29 is 9.90 Å². The van der Waals surface area contributed by atoms with Gasteiger partial charge in [-0.25, -0.2) is 0 Å². The van der Waals surface area contributed by atoms with Gasteiger partial charge in [0.05, 0.1) is 0 Å². The van der Waals surface area contributed by atoms with Gasteiger partial charge in [0.1, 0.15) is 0 Å². The molecular formula is C13H23O2-. The summed E-state index contributed by atoms with van der Waals surface area (Å²) in [5.41, 5.74) is 0.607. The predicted octanol–water partition coefficient (Wildman–Crippen LogP) is 2.68. The van der Waals surface area contributed by atoms with Crippen molar-refractivity contribution in [3.63, 3.8) is 0 Å². The van der Waals surface area contributed by atoms with Crippen molar-refractivity contribution >= 4 is 5.97 Å². The zero-order chi connectivity index (χ0) is 11.9. The van der Waals surface area contributed by atoms with Crippen LogP contribution in [0.2, 0.25) is 0 Å². The van der Waals surface area contributed by atoms with Crippen LogP contribution in [-0.2, 0) is 4.79 Å². The molecule has 0 bridgehead atoms. The minimum atomic E-state index is -0.944. The van der Waals surface area contributed by atoms with E-state index in [-0.39, 0.29) is 0 Å². The molecule has 0 aromatic heterocycles. The highest BCUT2D eigenvalue weighted by Gasteiger charge is 2.18. The van der Waals surface area contributed by atoms with E-state index in [4.69, 9.17) is 0 Å². The summed E-state index contributed by atoms with van der Waals surface area (Å²) in [6, 6.07) is 0. The van der Waals surface area contributed by atoms with Crippen LogP contribution in [0.15, 0.2) is 12.2 Å². The molecule has 2 nitrogen and oxygen atoms in total. The van der Waals surface area contributed by atoms with Crippen molar-refractivity contribution in [1.82, 2.24) is 0 Å². The highest BCUT2D eigenvalue weighted by atomic mass is 16.4. The van der Waals surface area contributed by atoms with Crippen LogP contribution in [-0.4, -0.2) is 5.97 Å². The first kappa shape index (κ1) is 14.2. The number of aliphatic carboxylic acids is 1. The number of allylic oxidation sites excluding steroid dienone is 1. The third-order valence-electron chi connectivity index (χ3n) is 2.88. The van der Waals surface area contributed by atoms with Crippen LogP contribution in [0, 0.1) is 5.41 Å². The Hall–Kier alpha value is -0.790. The smallest absolute Gasteiger partial charge is 0.0470 e. The first-order chi connectivity index (χ1) is 6.90. The van der Waals surface area contributed by atoms with Crippen LogP contribution in [0.3, 0.4) is 0 Å². The van der Waals surface area contributed by atoms with Gasteiger partial charge in [0, 0.05) is 11.4 Å². The summed E-state index contributed by atoms with van der Waals surface area (Å²) in [7, 11) is 0. The first-order valence-electron chi connectivity index (χ1n) is 5.78. The van der Waals surface area contributed by atoms with Gasteiger partial charge in [0.25, 0.3) is 0 Å². The average Bonchev–Trinajstić information content (AvgIpc) is 2.16. The third kappa shape index (κ3) is 6.32. The summed E-state index contributed by atoms with van der Waals surface area (Å²) in [6.07, 6.45) is 5.98. The molecule has 0 aromatic rings. The molecule has 0 aliphatic carbocycles. The van der Waals surface area contributed by atoms with Crippen molar-refractivity contribution in [2.24, 2.45) is 5.41 Å². The zero-order valence-corrected chi connectivity index (χ0v) is 10.3. The Labute approximate surface area is 93.4 Å². The van der Waals surface area contributed by atoms with E-state index in [2.05, 4.69) is 13.5 Å². The Morgan fingerprint density at radius 2 is 1.87 bits per heavy atom. The number of hydrogen-bond acceptors (Lipinski definition) is 2. The molecule has 0 fully saturated rings. The molecule has 0 unspecified atom stereocenters. The molecule has 0 aliphatic rings. The lowest BCUT2D eigenvalue weighted by atomic mass is 9.87. The summed E-state index contributed by atoms with van der Waals surface area (Å²) in [5, 5.41) is 10.7. The van der Waals surface area contributed by atoms with Crippen LogP contribution < -0.4 is 5.11 Å². The van der Waals surface area contributed by atoms with Crippen molar-refractivity contribution in [2.75, 3.05) is 0 Å². The third-order valence-corrected chi connectivity index (χ3v) is 2.88. The molecule has 0 aromatic carbocycles. The number of hydrogen-bond donors (Lipinski definition) is 0. The summed E-state index contributed by atoms with van der Waals surface area (Å²) < 4.78 is 0. The fourth-order valence-corrected chi connectivity index (χ4v) is 1.40. The molecule has 0 rings (SSSR count). The first-order valence-corrected chi connectivity index (χ1v) is 5.78. The maximum absolute atomic E-state index is 10.7. The summed E-state index contributed by atoms with van der Waals surface area (Å²) in [4.78, 5) is 10.7. The van der Waals surface area contributed by atoms with Gasteiger partial charge in [-0.15, -0.1) is 0 Å². The lowest BCUT2D eigenvalue weighted by molar-refractivity contribution is -0.317. The van der Waals surface area contributed by atoms with Crippen LogP contribution in [0.1, 0.15) is 59.3 Å². The lowest BCUT2D eigenvalue weighted by Crippen LogP contribution is -2.37. The Kier molecular flexibility index (Phi) is 6.30.